The number of aryl methyl sites for hydroxylation is 3. The molecule has 0 spiro atoms. The fraction of sp³-hybridized carbons (Fsp3) is 0.188. The van der Waals surface area contributed by atoms with Gasteiger partial charge < -0.3 is 5.11 Å². The minimum Gasteiger partial charge on any atom is -0.478 e. The van der Waals surface area contributed by atoms with Crippen LogP contribution in [0, 0.1) is 20.8 Å². The zero-order chi connectivity index (χ0) is 15.6. The molecule has 21 heavy (non-hydrogen) atoms. The van der Waals surface area contributed by atoms with Crippen LogP contribution in [0.1, 0.15) is 22.5 Å². The predicted octanol–water partition coefficient (Wildman–Crippen LogP) is 2.26. The Balaban J connectivity index is 2.58. The fourth-order valence-electron chi connectivity index (χ4n) is 1.95. The van der Waals surface area contributed by atoms with Crippen LogP contribution in [-0.4, -0.2) is 20.9 Å². The number of benzene rings is 1. The lowest BCUT2D eigenvalue weighted by molar-refractivity contribution is -0.131. The summed E-state index contributed by atoms with van der Waals surface area (Å²) in [6.07, 6.45) is 2.12. The third-order valence-corrected chi connectivity index (χ3v) is 3.25. The maximum absolute atomic E-state index is 11.8. The monoisotopic (exact) mass is 284 g/mol. The lowest BCUT2D eigenvalue weighted by Crippen LogP contribution is -2.16. The van der Waals surface area contributed by atoms with Crippen molar-refractivity contribution in [1.82, 2.24) is 9.78 Å². The first kappa shape index (κ1) is 14.7. The highest BCUT2D eigenvalue weighted by Crippen LogP contribution is 2.14. The van der Waals surface area contributed by atoms with E-state index in [-0.39, 0.29) is 11.1 Å². The van der Waals surface area contributed by atoms with Gasteiger partial charge in [0.1, 0.15) is 5.69 Å². The van der Waals surface area contributed by atoms with Crippen molar-refractivity contribution in [2.45, 2.75) is 20.8 Å². The van der Waals surface area contributed by atoms with E-state index < -0.39 is 5.97 Å². The summed E-state index contributed by atoms with van der Waals surface area (Å²) in [6.45, 7) is 5.81. The quantitative estimate of drug-likeness (QED) is 0.877. The minimum atomic E-state index is -1.12. The van der Waals surface area contributed by atoms with Crippen LogP contribution in [0.25, 0.3) is 11.8 Å². The Morgan fingerprint density at radius 3 is 2.52 bits per heavy atom. The molecule has 0 aliphatic carbocycles. The van der Waals surface area contributed by atoms with Crippen molar-refractivity contribution in [3.05, 3.63) is 63.1 Å². The fourth-order valence-corrected chi connectivity index (χ4v) is 1.95. The molecule has 0 unspecified atom stereocenters. The van der Waals surface area contributed by atoms with E-state index in [0.717, 1.165) is 17.3 Å². The second-order valence-corrected chi connectivity index (χ2v) is 4.89. The minimum absolute atomic E-state index is 0.0984. The number of rotatable bonds is 3. The highest BCUT2D eigenvalue weighted by molar-refractivity contribution is 5.84. The Labute approximate surface area is 122 Å². The number of carboxylic acid groups (broad SMARTS) is 1. The predicted molar refractivity (Wildman–Crippen MR) is 80.7 cm³/mol. The van der Waals surface area contributed by atoms with E-state index in [1.165, 1.54) is 17.7 Å². The molecule has 1 aromatic carbocycles. The van der Waals surface area contributed by atoms with Gasteiger partial charge in [-0.2, -0.15) is 5.10 Å². The molecule has 0 amide bonds. The Morgan fingerprint density at radius 1 is 1.19 bits per heavy atom. The zero-order valence-corrected chi connectivity index (χ0v) is 12.1. The van der Waals surface area contributed by atoms with Crippen molar-refractivity contribution < 1.29 is 9.90 Å². The van der Waals surface area contributed by atoms with Crippen molar-refractivity contribution in [2.24, 2.45) is 0 Å². The molecule has 0 radical (unpaired) electrons. The van der Waals surface area contributed by atoms with Crippen LogP contribution in [0.3, 0.4) is 0 Å². The first-order valence-electron chi connectivity index (χ1n) is 6.48. The normalized spacial score (nSPS) is 11.0. The van der Waals surface area contributed by atoms with E-state index in [1.54, 1.807) is 11.6 Å². The van der Waals surface area contributed by atoms with Crippen LogP contribution in [-0.2, 0) is 4.79 Å². The Hall–Kier alpha value is -2.69. The van der Waals surface area contributed by atoms with Gasteiger partial charge in [0.05, 0.1) is 5.69 Å². The van der Waals surface area contributed by atoms with Gasteiger partial charge in [-0.05, 0) is 50.1 Å². The number of carboxylic acids is 1. The van der Waals surface area contributed by atoms with Crippen LogP contribution in [0.5, 0.6) is 0 Å². The molecule has 0 aliphatic heterocycles. The molecule has 1 aromatic heterocycles. The molecule has 0 saturated heterocycles. The van der Waals surface area contributed by atoms with Gasteiger partial charge in [-0.15, -0.1) is 0 Å². The van der Waals surface area contributed by atoms with Crippen molar-refractivity contribution in [1.29, 1.82) is 0 Å². The molecule has 1 heterocycles. The van der Waals surface area contributed by atoms with Gasteiger partial charge in [-0.25, -0.2) is 9.48 Å². The molecular formula is C16H16N2O3. The van der Waals surface area contributed by atoms with E-state index in [4.69, 9.17) is 5.11 Å². The summed E-state index contributed by atoms with van der Waals surface area (Å²) in [5, 5.41) is 12.9. The molecule has 5 heteroatoms. The lowest BCUT2D eigenvalue weighted by atomic mass is 10.1. The SMILES string of the molecule is Cc1ccc(-n2nc(/C=C/C(=O)O)c(=O)cc2C)cc1C. The average Bonchev–Trinajstić information content (AvgIpc) is 2.41. The summed E-state index contributed by atoms with van der Waals surface area (Å²) in [7, 11) is 0. The molecule has 1 N–H and O–H groups in total. The molecule has 0 fully saturated rings. The van der Waals surface area contributed by atoms with E-state index in [1.807, 2.05) is 32.0 Å². The summed E-state index contributed by atoms with van der Waals surface area (Å²) < 4.78 is 1.63. The van der Waals surface area contributed by atoms with E-state index in [0.29, 0.717) is 5.69 Å². The van der Waals surface area contributed by atoms with Crippen molar-refractivity contribution >= 4 is 12.0 Å². The van der Waals surface area contributed by atoms with Crippen molar-refractivity contribution in [3.63, 3.8) is 0 Å². The number of aliphatic carboxylic acids is 1. The average molecular weight is 284 g/mol. The highest BCUT2D eigenvalue weighted by Gasteiger charge is 2.07. The third-order valence-electron chi connectivity index (χ3n) is 3.25. The van der Waals surface area contributed by atoms with Crippen molar-refractivity contribution in [3.8, 4) is 5.69 Å². The largest absolute Gasteiger partial charge is 0.478 e. The van der Waals surface area contributed by atoms with Gasteiger partial charge in [-0.1, -0.05) is 6.07 Å². The Morgan fingerprint density at radius 2 is 1.90 bits per heavy atom. The van der Waals surface area contributed by atoms with E-state index in [9.17, 15) is 9.59 Å². The summed E-state index contributed by atoms with van der Waals surface area (Å²) in [4.78, 5) is 22.4. The topological polar surface area (TPSA) is 72.2 Å². The molecule has 0 aliphatic rings. The number of nitrogens with zero attached hydrogens (tertiary/aromatic N) is 2. The van der Waals surface area contributed by atoms with Crippen LogP contribution >= 0.6 is 0 Å². The third kappa shape index (κ3) is 3.25. The second kappa shape index (κ2) is 5.75. The number of aromatic nitrogens is 2. The molecule has 0 bridgehead atoms. The van der Waals surface area contributed by atoms with Crippen molar-refractivity contribution in [2.75, 3.05) is 0 Å². The standard InChI is InChI=1S/C16H16N2O3/c1-10-4-5-13(8-11(10)2)18-12(3)9-15(19)14(17-18)6-7-16(20)21/h4-9H,1-3H3,(H,20,21)/b7-6+. The first-order chi connectivity index (χ1) is 9.88. The van der Waals surface area contributed by atoms with Crippen LogP contribution in [0.2, 0.25) is 0 Å². The van der Waals surface area contributed by atoms with Gasteiger partial charge in [0, 0.05) is 17.8 Å². The second-order valence-electron chi connectivity index (χ2n) is 4.89. The smallest absolute Gasteiger partial charge is 0.328 e. The maximum Gasteiger partial charge on any atom is 0.328 e. The Kier molecular flexibility index (Phi) is 4.03. The van der Waals surface area contributed by atoms with Gasteiger partial charge in [0.15, 0.2) is 0 Å². The first-order valence-corrected chi connectivity index (χ1v) is 6.48. The van der Waals surface area contributed by atoms with Crippen LogP contribution < -0.4 is 5.43 Å². The number of hydrogen-bond acceptors (Lipinski definition) is 3. The highest BCUT2D eigenvalue weighted by atomic mass is 16.4. The van der Waals surface area contributed by atoms with Gasteiger partial charge in [0.2, 0.25) is 5.43 Å². The van der Waals surface area contributed by atoms with Gasteiger partial charge in [-0.3, -0.25) is 4.79 Å². The summed E-state index contributed by atoms with van der Waals surface area (Å²) in [5.74, 6) is -1.12. The van der Waals surface area contributed by atoms with Crippen LogP contribution in [0.15, 0.2) is 35.1 Å². The number of carbonyl (C=O) groups is 1. The molecule has 0 atom stereocenters. The van der Waals surface area contributed by atoms with E-state index >= 15 is 0 Å². The Bertz CT molecular complexity index is 789. The summed E-state index contributed by atoms with van der Waals surface area (Å²) in [6, 6.07) is 7.32. The van der Waals surface area contributed by atoms with Gasteiger partial charge in [0.25, 0.3) is 0 Å². The maximum atomic E-state index is 11.8. The molecule has 0 saturated carbocycles. The summed E-state index contributed by atoms with van der Waals surface area (Å²) >= 11 is 0. The molecule has 2 aromatic rings. The lowest BCUT2D eigenvalue weighted by Gasteiger charge is -2.11. The summed E-state index contributed by atoms with van der Waals surface area (Å²) in [5.41, 5.74) is 3.61. The molecule has 2 rings (SSSR count). The molecule has 108 valence electrons. The van der Waals surface area contributed by atoms with Gasteiger partial charge >= 0.3 is 5.97 Å². The van der Waals surface area contributed by atoms with E-state index in [2.05, 4.69) is 5.10 Å². The molecule has 5 nitrogen and oxygen atoms in total. The molecular weight excluding hydrogens is 268 g/mol. The zero-order valence-electron chi connectivity index (χ0n) is 12.1. The number of hydrogen-bond donors (Lipinski definition) is 1. The van der Waals surface area contributed by atoms with Crippen LogP contribution in [0.4, 0.5) is 0 Å².